The maximum atomic E-state index is 13.2. The molecule has 0 N–H and O–H groups in total. The van der Waals surface area contributed by atoms with Crippen LogP contribution in [0.2, 0.25) is 10.0 Å². The molecule has 45 heavy (non-hydrogen) atoms. The molecule has 0 aliphatic carbocycles. The molecule has 1 fully saturated rings. The summed E-state index contributed by atoms with van der Waals surface area (Å²) in [5.74, 6) is 1.17. The molecule has 1 aliphatic heterocycles. The van der Waals surface area contributed by atoms with Crippen LogP contribution in [-0.4, -0.2) is 72.7 Å². The van der Waals surface area contributed by atoms with E-state index in [2.05, 4.69) is 10.2 Å². The van der Waals surface area contributed by atoms with E-state index in [1.807, 2.05) is 47.9 Å². The lowest BCUT2D eigenvalue weighted by atomic mass is 10.1. The second-order valence-electron chi connectivity index (χ2n) is 10.9. The molecule has 13 heteroatoms. The monoisotopic (exact) mass is 666 g/mol. The second-order valence-corrected chi connectivity index (χ2v) is 12.8. The van der Waals surface area contributed by atoms with E-state index in [-0.39, 0.29) is 29.1 Å². The molecule has 0 bridgehead atoms. The molecule has 5 rings (SSSR count). The van der Waals surface area contributed by atoms with Crippen LogP contribution in [0.15, 0.2) is 71.9 Å². The maximum absolute atomic E-state index is 13.2. The Morgan fingerprint density at radius 3 is 2.51 bits per heavy atom. The zero-order chi connectivity index (χ0) is 32.1. The van der Waals surface area contributed by atoms with Crippen molar-refractivity contribution in [2.75, 3.05) is 25.4 Å². The van der Waals surface area contributed by atoms with Crippen LogP contribution in [0, 0.1) is 17.0 Å². The van der Waals surface area contributed by atoms with Gasteiger partial charge in [0, 0.05) is 61.5 Å². The highest BCUT2D eigenvalue weighted by Gasteiger charge is 2.31. The van der Waals surface area contributed by atoms with Crippen molar-refractivity contribution >= 4 is 52.5 Å². The van der Waals surface area contributed by atoms with Gasteiger partial charge in [0.15, 0.2) is 5.16 Å². The van der Waals surface area contributed by atoms with Crippen molar-refractivity contribution in [3.63, 3.8) is 0 Å². The molecular formula is C32H32Cl2N6O4S. The molecule has 234 valence electrons. The summed E-state index contributed by atoms with van der Waals surface area (Å²) in [6.45, 7) is 4.70. The van der Waals surface area contributed by atoms with Crippen molar-refractivity contribution in [2.45, 2.75) is 44.3 Å². The minimum absolute atomic E-state index is 0.0243. The number of piperazine rings is 1. The number of halogens is 2. The number of nitro groups is 1. The zero-order valence-electron chi connectivity index (χ0n) is 24.9. The van der Waals surface area contributed by atoms with Crippen molar-refractivity contribution in [1.29, 1.82) is 0 Å². The van der Waals surface area contributed by atoms with Gasteiger partial charge in [-0.3, -0.25) is 24.3 Å². The highest BCUT2D eigenvalue weighted by atomic mass is 35.5. The number of nitro benzene ring substituents is 1. The van der Waals surface area contributed by atoms with Crippen molar-refractivity contribution in [3.8, 4) is 5.69 Å². The van der Waals surface area contributed by atoms with Gasteiger partial charge in [0.25, 0.3) is 11.6 Å². The maximum Gasteiger partial charge on any atom is 0.273 e. The summed E-state index contributed by atoms with van der Waals surface area (Å²) in [6.07, 6.45) is 1.57. The van der Waals surface area contributed by atoms with E-state index in [1.54, 1.807) is 41.0 Å². The SMILES string of the molecule is Cc1ccc(C(=O)N2CCN(C(=O)CCCSc3nnc(Cc4ccccc4)n3-c3ccc(Cl)c(Cl)c3)CC2C)cc1[N+](=O)[O-]. The number of amides is 2. The fourth-order valence-corrected chi connectivity index (χ4v) is 6.51. The third-order valence-electron chi connectivity index (χ3n) is 7.73. The van der Waals surface area contributed by atoms with Gasteiger partial charge in [-0.2, -0.15) is 0 Å². The molecule has 1 unspecified atom stereocenters. The van der Waals surface area contributed by atoms with Gasteiger partial charge in [-0.25, -0.2) is 0 Å². The van der Waals surface area contributed by atoms with E-state index in [0.29, 0.717) is 65.4 Å². The first kappa shape index (κ1) is 32.5. The first-order valence-corrected chi connectivity index (χ1v) is 16.3. The van der Waals surface area contributed by atoms with Gasteiger partial charge < -0.3 is 9.80 Å². The molecule has 4 aromatic rings. The summed E-state index contributed by atoms with van der Waals surface area (Å²) < 4.78 is 1.97. The summed E-state index contributed by atoms with van der Waals surface area (Å²) in [5, 5.41) is 21.9. The van der Waals surface area contributed by atoms with Crippen LogP contribution in [0.1, 0.15) is 47.1 Å². The van der Waals surface area contributed by atoms with E-state index < -0.39 is 4.92 Å². The standard InChI is InChI=1S/C32H32Cl2N6O4S/c1-21-10-11-24(18-28(21)40(43)44)31(42)38-15-14-37(20-22(38)2)30(41)9-6-16-45-32-36-35-29(17-23-7-4-3-5-8-23)39(32)25-12-13-26(33)27(34)19-25/h3-5,7-8,10-13,18-19,22H,6,9,14-17,20H2,1-2H3. The average Bonchev–Trinajstić information content (AvgIpc) is 3.42. The number of hydrogen-bond donors (Lipinski definition) is 0. The Morgan fingerprint density at radius 2 is 1.80 bits per heavy atom. The number of hydrogen-bond acceptors (Lipinski definition) is 7. The third-order valence-corrected chi connectivity index (χ3v) is 9.48. The van der Waals surface area contributed by atoms with Gasteiger partial charge in [0.1, 0.15) is 5.82 Å². The van der Waals surface area contributed by atoms with E-state index in [0.717, 1.165) is 17.1 Å². The topological polar surface area (TPSA) is 114 Å². The fraction of sp³-hybridized carbons (Fsp3) is 0.312. The third kappa shape index (κ3) is 7.66. The molecule has 2 amide bonds. The lowest BCUT2D eigenvalue weighted by molar-refractivity contribution is -0.385. The number of carbonyl (C=O) groups excluding carboxylic acids is 2. The van der Waals surface area contributed by atoms with Gasteiger partial charge in [-0.1, -0.05) is 71.4 Å². The van der Waals surface area contributed by atoms with Gasteiger partial charge in [-0.05, 0) is 50.1 Å². The van der Waals surface area contributed by atoms with Gasteiger partial charge >= 0.3 is 0 Å². The summed E-state index contributed by atoms with van der Waals surface area (Å²) in [6, 6.07) is 19.7. The largest absolute Gasteiger partial charge is 0.339 e. The number of aryl methyl sites for hydroxylation is 1. The number of thioether (sulfide) groups is 1. The minimum Gasteiger partial charge on any atom is -0.339 e. The lowest BCUT2D eigenvalue weighted by Gasteiger charge is -2.40. The quantitative estimate of drug-likeness (QED) is 0.0808. The van der Waals surface area contributed by atoms with Gasteiger partial charge in [0.2, 0.25) is 5.91 Å². The molecule has 1 aliphatic rings. The molecule has 0 spiro atoms. The first-order chi connectivity index (χ1) is 21.6. The van der Waals surface area contributed by atoms with E-state index in [4.69, 9.17) is 23.2 Å². The molecule has 1 saturated heterocycles. The summed E-state index contributed by atoms with van der Waals surface area (Å²) >= 11 is 14.0. The van der Waals surface area contributed by atoms with Crippen LogP contribution < -0.4 is 0 Å². The number of rotatable bonds is 10. The average molecular weight is 668 g/mol. The van der Waals surface area contributed by atoms with E-state index in [9.17, 15) is 19.7 Å². The van der Waals surface area contributed by atoms with E-state index >= 15 is 0 Å². The second kappa shape index (κ2) is 14.4. The van der Waals surface area contributed by atoms with Crippen molar-refractivity contribution in [2.24, 2.45) is 0 Å². The Kier molecular flexibility index (Phi) is 10.4. The summed E-state index contributed by atoms with van der Waals surface area (Å²) in [7, 11) is 0. The highest BCUT2D eigenvalue weighted by Crippen LogP contribution is 2.29. The summed E-state index contributed by atoms with van der Waals surface area (Å²) in [4.78, 5) is 40.6. The van der Waals surface area contributed by atoms with Gasteiger partial charge in [-0.15, -0.1) is 10.2 Å². The molecule has 3 aromatic carbocycles. The van der Waals surface area contributed by atoms with Crippen LogP contribution in [0.5, 0.6) is 0 Å². The Hall–Kier alpha value is -3.93. The summed E-state index contributed by atoms with van der Waals surface area (Å²) in [5.41, 5.74) is 2.60. The highest BCUT2D eigenvalue weighted by molar-refractivity contribution is 7.99. The number of nitrogens with zero attached hydrogens (tertiary/aromatic N) is 6. The fourth-order valence-electron chi connectivity index (χ4n) is 5.31. The molecule has 0 radical (unpaired) electrons. The molecular weight excluding hydrogens is 635 g/mol. The molecule has 1 atom stereocenters. The zero-order valence-corrected chi connectivity index (χ0v) is 27.2. The van der Waals surface area contributed by atoms with Crippen molar-refractivity contribution < 1.29 is 14.5 Å². The Balaban J connectivity index is 1.18. The first-order valence-electron chi connectivity index (χ1n) is 14.5. The van der Waals surface area contributed by atoms with Crippen LogP contribution in [0.25, 0.3) is 5.69 Å². The smallest absolute Gasteiger partial charge is 0.273 e. The number of benzene rings is 3. The van der Waals surface area contributed by atoms with Crippen LogP contribution in [-0.2, 0) is 11.2 Å². The van der Waals surface area contributed by atoms with Crippen LogP contribution in [0.3, 0.4) is 0 Å². The number of carbonyl (C=O) groups is 2. The Labute approximate surface area is 275 Å². The van der Waals surface area contributed by atoms with Crippen molar-refractivity contribution in [1.82, 2.24) is 24.6 Å². The lowest BCUT2D eigenvalue weighted by Crippen LogP contribution is -2.55. The molecule has 1 aromatic heterocycles. The number of aromatic nitrogens is 3. The molecule has 0 saturated carbocycles. The minimum atomic E-state index is -0.481. The Morgan fingerprint density at radius 1 is 1.02 bits per heavy atom. The molecule has 2 heterocycles. The molecule has 10 nitrogen and oxygen atoms in total. The van der Waals surface area contributed by atoms with Gasteiger partial charge in [0.05, 0.1) is 20.7 Å². The Bertz CT molecular complexity index is 1720. The van der Waals surface area contributed by atoms with Crippen LogP contribution >= 0.6 is 35.0 Å². The normalized spacial score (nSPS) is 14.9. The predicted molar refractivity (Wildman–Crippen MR) is 175 cm³/mol. The van der Waals surface area contributed by atoms with E-state index in [1.165, 1.54) is 17.8 Å². The van der Waals surface area contributed by atoms with Crippen LogP contribution in [0.4, 0.5) is 5.69 Å². The predicted octanol–water partition coefficient (Wildman–Crippen LogP) is 6.63. The van der Waals surface area contributed by atoms with Crippen molar-refractivity contribution in [3.05, 3.63) is 109 Å².